The van der Waals surface area contributed by atoms with Crippen molar-refractivity contribution in [2.45, 2.75) is 6.04 Å². The van der Waals surface area contributed by atoms with E-state index in [9.17, 15) is 14.0 Å². The van der Waals surface area contributed by atoms with Crippen LogP contribution in [0.25, 0.3) is 0 Å². The Labute approximate surface area is 115 Å². The minimum Gasteiger partial charge on any atom is -0.480 e. The topological polar surface area (TPSA) is 57.6 Å². The highest BCUT2D eigenvalue weighted by Crippen LogP contribution is 2.27. The van der Waals surface area contributed by atoms with Crippen molar-refractivity contribution in [2.24, 2.45) is 0 Å². The van der Waals surface area contributed by atoms with Crippen LogP contribution < -0.4 is 0 Å². The molecule has 1 amide bonds. The van der Waals surface area contributed by atoms with Gasteiger partial charge in [-0.3, -0.25) is 4.79 Å². The van der Waals surface area contributed by atoms with Crippen molar-refractivity contribution in [3.05, 3.63) is 34.1 Å². The first-order valence-electron chi connectivity index (χ1n) is 5.08. The highest BCUT2D eigenvalue weighted by Gasteiger charge is 2.35. The fourth-order valence-electron chi connectivity index (χ4n) is 1.67. The minimum absolute atomic E-state index is 0.0658. The SMILES string of the molecule is O=C(O)C1CSCN1C(=O)c1cccc(F)c1Br. The van der Waals surface area contributed by atoms with E-state index in [-0.39, 0.29) is 10.0 Å². The van der Waals surface area contributed by atoms with Gasteiger partial charge in [-0.05, 0) is 28.1 Å². The van der Waals surface area contributed by atoms with E-state index in [0.29, 0.717) is 11.6 Å². The maximum absolute atomic E-state index is 13.3. The van der Waals surface area contributed by atoms with Crippen LogP contribution in [0.15, 0.2) is 22.7 Å². The molecule has 4 nitrogen and oxygen atoms in total. The normalized spacial score (nSPS) is 19.0. The van der Waals surface area contributed by atoms with Crippen LogP contribution in [0.2, 0.25) is 0 Å². The van der Waals surface area contributed by atoms with Gasteiger partial charge >= 0.3 is 5.97 Å². The summed E-state index contributed by atoms with van der Waals surface area (Å²) in [6.07, 6.45) is 0. The quantitative estimate of drug-likeness (QED) is 0.901. The van der Waals surface area contributed by atoms with E-state index >= 15 is 0 Å². The highest BCUT2D eigenvalue weighted by atomic mass is 79.9. The zero-order valence-corrected chi connectivity index (χ0v) is 11.5. The Morgan fingerprint density at radius 3 is 2.89 bits per heavy atom. The molecule has 1 saturated heterocycles. The number of thioether (sulfide) groups is 1. The molecule has 0 bridgehead atoms. The van der Waals surface area contributed by atoms with Crippen molar-refractivity contribution in [2.75, 3.05) is 11.6 Å². The third kappa shape index (κ3) is 2.37. The number of carbonyl (C=O) groups is 2. The maximum atomic E-state index is 13.3. The van der Waals surface area contributed by atoms with E-state index in [2.05, 4.69) is 15.9 Å². The summed E-state index contributed by atoms with van der Waals surface area (Å²) >= 11 is 4.37. The molecule has 0 spiro atoms. The van der Waals surface area contributed by atoms with E-state index in [0.717, 1.165) is 0 Å². The summed E-state index contributed by atoms with van der Waals surface area (Å²) in [5, 5.41) is 9.01. The number of carboxylic acids is 1. The highest BCUT2D eigenvalue weighted by molar-refractivity contribution is 9.10. The second-order valence-electron chi connectivity index (χ2n) is 3.73. The second kappa shape index (κ2) is 5.27. The summed E-state index contributed by atoms with van der Waals surface area (Å²) in [6.45, 7) is 0. The summed E-state index contributed by atoms with van der Waals surface area (Å²) in [6, 6.07) is 3.27. The first kappa shape index (κ1) is 13.4. The van der Waals surface area contributed by atoms with Gasteiger partial charge in [0.25, 0.3) is 5.91 Å². The van der Waals surface area contributed by atoms with Crippen LogP contribution in [0.5, 0.6) is 0 Å². The largest absolute Gasteiger partial charge is 0.480 e. The molecule has 1 aromatic carbocycles. The maximum Gasteiger partial charge on any atom is 0.327 e. The Hall–Kier alpha value is -1.08. The van der Waals surface area contributed by atoms with Gasteiger partial charge in [0, 0.05) is 5.75 Å². The predicted molar refractivity (Wildman–Crippen MR) is 69.0 cm³/mol. The molecule has 1 aliphatic rings. The summed E-state index contributed by atoms with van der Waals surface area (Å²) in [5.41, 5.74) is 0.142. The molecule has 1 aromatic rings. The standard InChI is InChI=1S/C11H9BrFNO3S/c12-9-6(2-1-3-7(9)13)10(15)14-5-18-4-8(14)11(16)17/h1-3,8H,4-5H2,(H,16,17). The van der Waals surface area contributed by atoms with Gasteiger partial charge < -0.3 is 10.0 Å². The smallest absolute Gasteiger partial charge is 0.327 e. The molecule has 1 heterocycles. The average molecular weight is 334 g/mol. The fourth-order valence-corrected chi connectivity index (χ4v) is 3.25. The lowest BCUT2D eigenvalue weighted by Crippen LogP contribution is -2.41. The summed E-state index contributed by atoms with van der Waals surface area (Å²) < 4.78 is 13.4. The number of aliphatic carboxylic acids is 1. The van der Waals surface area contributed by atoms with Crippen molar-refractivity contribution < 1.29 is 19.1 Å². The Balaban J connectivity index is 2.31. The van der Waals surface area contributed by atoms with Gasteiger partial charge in [-0.15, -0.1) is 11.8 Å². The van der Waals surface area contributed by atoms with Crippen molar-refractivity contribution in [1.82, 2.24) is 4.90 Å². The number of carbonyl (C=O) groups excluding carboxylic acids is 1. The van der Waals surface area contributed by atoms with Gasteiger partial charge in [-0.1, -0.05) is 6.07 Å². The van der Waals surface area contributed by atoms with Crippen LogP contribution >= 0.6 is 27.7 Å². The molecule has 1 fully saturated rings. The Morgan fingerprint density at radius 2 is 2.22 bits per heavy atom. The molecular weight excluding hydrogens is 325 g/mol. The van der Waals surface area contributed by atoms with Crippen LogP contribution in [0, 0.1) is 5.82 Å². The number of hydrogen-bond acceptors (Lipinski definition) is 3. The molecule has 1 N–H and O–H groups in total. The van der Waals surface area contributed by atoms with E-state index in [1.54, 1.807) is 0 Å². The molecule has 7 heteroatoms. The molecule has 0 saturated carbocycles. The molecule has 1 unspecified atom stereocenters. The predicted octanol–water partition coefficient (Wildman–Crippen LogP) is 2.19. The molecule has 18 heavy (non-hydrogen) atoms. The number of nitrogens with zero attached hydrogens (tertiary/aromatic N) is 1. The van der Waals surface area contributed by atoms with Gasteiger partial charge in [0.05, 0.1) is 15.9 Å². The Morgan fingerprint density at radius 1 is 1.50 bits per heavy atom. The number of carboxylic acid groups (broad SMARTS) is 1. The fraction of sp³-hybridized carbons (Fsp3) is 0.273. The van der Waals surface area contributed by atoms with Crippen LogP contribution in [-0.4, -0.2) is 39.6 Å². The molecule has 1 atom stereocenters. The van der Waals surface area contributed by atoms with Crippen molar-refractivity contribution in [3.8, 4) is 0 Å². The zero-order chi connectivity index (χ0) is 13.3. The molecule has 0 aliphatic carbocycles. The van der Waals surface area contributed by atoms with Gasteiger partial charge in [-0.25, -0.2) is 9.18 Å². The third-order valence-electron chi connectivity index (χ3n) is 2.61. The second-order valence-corrected chi connectivity index (χ2v) is 5.52. The number of amides is 1. The molecular formula is C11H9BrFNO3S. The van der Waals surface area contributed by atoms with E-state index in [1.807, 2.05) is 0 Å². The van der Waals surface area contributed by atoms with Gasteiger partial charge in [0.2, 0.25) is 0 Å². The molecule has 96 valence electrons. The first-order valence-corrected chi connectivity index (χ1v) is 7.02. The lowest BCUT2D eigenvalue weighted by Gasteiger charge is -2.21. The third-order valence-corrected chi connectivity index (χ3v) is 4.43. The summed E-state index contributed by atoms with van der Waals surface area (Å²) in [7, 11) is 0. The lowest BCUT2D eigenvalue weighted by atomic mass is 10.1. The van der Waals surface area contributed by atoms with Crippen LogP contribution in [0.4, 0.5) is 4.39 Å². The summed E-state index contributed by atoms with van der Waals surface area (Å²) in [5.74, 6) is -1.40. The molecule has 0 radical (unpaired) electrons. The molecule has 0 aromatic heterocycles. The van der Waals surface area contributed by atoms with E-state index < -0.39 is 23.7 Å². The molecule has 2 rings (SSSR count). The van der Waals surface area contributed by atoms with Crippen molar-refractivity contribution in [1.29, 1.82) is 0 Å². The zero-order valence-electron chi connectivity index (χ0n) is 9.10. The monoisotopic (exact) mass is 333 g/mol. The van der Waals surface area contributed by atoms with Gasteiger partial charge in [0.15, 0.2) is 0 Å². The Kier molecular flexibility index (Phi) is 3.91. The van der Waals surface area contributed by atoms with Crippen LogP contribution in [-0.2, 0) is 4.79 Å². The van der Waals surface area contributed by atoms with E-state index in [4.69, 9.17) is 5.11 Å². The lowest BCUT2D eigenvalue weighted by molar-refractivity contribution is -0.140. The van der Waals surface area contributed by atoms with Crippen molar-refractivity contribution in [3.63, 3.8) is 0 Å². The summed E-state index contributed by atoms with van der Waals surface area (Å²) in [4.78, 5) is 24.4. The Bertz CT molecular complexity index is 511. The van der Waals surface area contributed by atoms with Gasteiger partial charge in [0.1, 0.15) is 11.9 Å². The first-order chi connectivity index (χ1) is 8.52. The average Bonchev–Trinajstić information content (AvgIpc) is 2.81. The van der Waals surface area contributed by atoms with Crippen molar-refractivity contribution >= 4 is 39.6 Å². The van der Waals surface area contributed by atoms with Gasteiger partial charge in [-0.2, -0.15) is 0 Å². The van der Waals surface area contributed by atoms with Crippen LogP contribution in [0.1, 0.15) is 10.4 Å². The number of hydrogen-bond donors (Lipinski definition) is 1. The van der Waals surface area contributed by atoms with Crippen LogP contribution in [0.3, 0.4) is 0 Å². The number of rotatable bonds is 2. The molecule has 1 aliphatic heterocycles. The van der Waals surface area contributed by atoms with E-state index in [1.165, 1.54) is 34.9 Å². The number of halogens is 2. The number of benzene rings is 1. The minimum atomic E-state index is -1.04.